The summed E-state index contributed by atoms with van der Waals surface area (Å²) in [4.78, 5) is 0.690. The van der Waals surface area contributed by atoms with E-state index >= 15 is 0 Å². The molecule has 2 N–H and O–H groups in total. The average molecular weight is 303 g/mol. The molecule has 0 saturated heterocycles. The van der Waals surface area contributed by atoms with Crippen LogP contribution in [-0.4, -0.2) is 16.6 Å². The van der Waals surface area contributed by atoms with Crippen LogP contribution in [-0.2, 0) is 10.8 Å². The molecule has 21 heavy (non-hydrogen) atoms. The second-order valence-corrected chi connectivity index (χ2v) is 6.87. The maximum absolute atomic E-state index is 12.8. The van der Waals surface area contributed by atoms with E-state index in [1.807, 2.05) is 62.4 Å². The summed E-state index contributed by atoms with van der Waals surface area (Å²) in [7, 11) is 0.358. The molecule has 2 rings (SSSR count). The van der Waals surface area contributed by atoms with E-state index in [-0.39, 0.29) is 11.3 Å². The molecule has 0 amide bonds. The van der Waals surface area contributed by atoms with E-state index in [2.05, 4.69) is 0 Å². The molecule has 0 aliphatic rings. The van der Waals surface area contributed by atoms with Crippen LogP contribution in [0.3, 0.4) is 0 Å². The first-order valence-electron chi connectivity index (χ1n) is 6.90. The summed E-state index contributed by atoms with van der Waals surface area (Å²) in [6.45, 7) is 3.94. The Morgan fingerprint density at radius 3 is 2.33 bits per heavy atom. The number of hydrogen-bond donors (Lipinski definition) is 1. The Morgan fingerprint density at radius 1 is 1.10 bits per heavy atom. The zero-order valence-corrected chi connectivity index (χ0v) is 13.4. The smallest absolute Gasteiger partial charge is 0.134 e. The fourth-order valence-electron chi connectivity index (χ4n) is 2.18. The first-order chi connectivity index (χ1) is 10.0. The summed E-state index contributed by atoms with van der Waals surface area (Å²) in [5, 5.41) is -0.205. The molecule has 112 valence electrons. The minimum Gasteiger partial charge on any atom is -0.495 e. The van der Waals surface area contributed by atoms with Gasteiger partial charge in [0.15, 0.2) is 0 Å². The lowest BCUT2D eigenvalue weighted by Gasteiger charge is -2.21. The van der Waals surface area contributed by atoms with Gasteiger partial charge in [-0.05, 0) is 31.5 Å². The van der Waals surface area contributed by atoms with Crippen LogP contribution < -0.4 is 10.5 Å². The zero-order chi connectivity index (χ0) is 15.4. The topological polar surface area (TPSA) is 52.3 Å². The number of benzene rings is 2. The van der Waals surface area contributed by atoms with Gasteiger partial charge in [0.05, 0.1) is 28.1 Å². The van der Waals surface area contributed by atoms with Crippen LogP contribution in [0.25, 0.3) is 0 Å². The van der Waals surface area contributed by atoms with Crippen molar-refractivity contribution >= 4 is 10.8 Å². The van der Waals surface area contributed by atoms with Crippen molar-refractivity contribution < 1.29 is 8.95 Å². The molecular formula is C17H21NO2S. The lowest BCUT2D eigenvalue weighted by Crippen LogP contribution is -2.28. The highest BCUT2D eigenvalue weighted by Crippen LogP contribution is 2.28. The second-order valence-electron chi connectivity index (χ2n) is 5.09. The number of aryl methyl sites for hydroxylation is 1. The van der Waals surface area contributed by atoms with Crippen LogP contribution in [0.4, 0.5) is 0 Å². The van der Waals surface area contributed by atoms with E-state index in [4.69, 9.17) is 10.5 Å². The molecule has 2 aromatic carbocycles. The number of rotatable bonds is 5. The molecule has 0 heterocycles. The molecule has 0 fully saturated rings. The van der Waals surface area contributed by atoms with Crippen LogP contribution in [0.1, 0.15) is 24.1 Å². The van der Waals surface area contributed by atoms with Gasteiger partial charge in [0.2, 0.25) is 0 Å². The normalized spacial score (nSPS) is 15.2. The van der Waals surface area contributed by atoms with Crippen LogP contribution in [0.5, 0.6) is 5.75 Å². The third-order valence-corrected chi connectivity index (χ3v) is 5.33. The molecule has 3 nitrogen and oxygen atoms in total. The van der Waals surface area contributed by atoms with Gasteiger partial charge in [-0.2, -0.15) is 0 Å². The minimum absolute atomic E-state index is 0.205. The molecule has 0 aliphatic carbocycles. The molecular weight excluding hydrogens is 282 g/mol. The fraction of sp³-hybridized carbons (Fsp3) is 0.294. The van der Waals surface area contributed by atoms with Gasteiger partial charge in [0, 0.05) is 6.04 Å². The third-order valence-electron chi connectivity index (χ3n) is 3.59. The summed E-state index contributed by atoms with van der Waals surface area (Å²) >= 11 is 0. The van der Waals surface area contributed by atoms with E-state index in [1.54, 1.807) is 7.11 Å². The lowest BCUT2D eigenvalue weighted by atomic mass is 10.0. The number of para-hydroxylation sites is 1. The molecule has 0 bridgehead atoms. The summed E-state index contributed by atoms with van der Waals surface area (Å²) in [6.07, 6.45) is 0. The molecule has 0 spiro atoms. The van der Waals surface area contributed by atoms with Crippen molar-refractivity contribution in [3.63, 3.8) is 0 Å². The molecule has 0 radical (unpaired) electrons. The van der Waals surface area contributed by atoms with Gasteiger partial charge in [-0.1, -0.05) is 42.0 Å². The standard InChI is InChI=1S/C17H21NO2S/c1-12-8-10-14(11-9-12)17(18)13(2)21(19)16-7-5-4-6-15(16)20-3/h4-11,13,17H,18H2,1-3H3. The molecule has 0 saturated carbocycles. The predicted octanol–water partition coefficient (Wildman–Crippen LogP) is 3.20. The van der Waals surface area contributed by atoms with E-state index in [1.165, 1.54) is 5.56 Å². The van der Waals surface area contributed by atoms with Crippen LogP contribution in [0, 0.1) is 6.92 Å². The Labute approximate surface area is 128 Å². The van der Waals surface area contributed by atoms with Crippen molar-refractivity contribution in [2.45, 2.75) is 30.0 Å². The number of ether oxygens (including phenoxy) is 1. The molecule has 2 aromatic rings. The van der Waals surface area contributed by atoms with Gasteiger partial charge in [-0.3, -0.25) is 4.21 Å². The van der Waals surface area contributed by atoms with Crippen molar-refractivity contribution in [1.29, 1.82) is 0 Å². The Balaban J connectivity index is 2.24. The Bertz CT molecular complexity index is 625. The minimum atomic E-state index is -1.23. The van der Waals surface area contributed by atoms with Gasteiger partial charge >= 0.3 is 0 Å². The second kappa shape index (κ2) is 6.87. The highest BCUT2D eigenvalue weighted by molar-refractivity contribution is 7.85. The van der Waals surface area contributed by atoms with Gasteiger partial charge in [0.1, 0.15) is 5.75 Å². The van der Waals surface area contributed by atoms with Crippen molar-refractivity contribution in [2.24, 2.45) is 5.73 Å². The molecule has 0 aromatic heterocycles. The molecule has 3 atom stereocenters. The summed E-state index contributed by atoms with van der Waals surface area (Å²) in [5.74, 6) is 0.638. The predicted molar refractivity (Wildman–Crippen MR) is 87.0 cm³/mol. The van der Waals surface area contributed by atoms with Crippen molar-refractivity contribution in [2.75, 3.05) is 7.11 Å². The zero-order valence-electron chi connectivity index (χ0n) is 12.6. The van der Waals surface area contributed by atoms with Crippen molar-refractivity contribution in [3.8, 4) is 5.75 Å². The Kier molecular flexibility index (Phi) is 5.15. The number of hydrogen-bond acceptors (Lipinski definition) is 3. The van der Waals surface area contributed by atoms with Crippen molar-refractivity contribution in [1.82, 2.24) is 0 Å². The largest absolute Gasteiger partial charge is 0.495 e. The van der Waals surface area contributed by atoms with E-state index in [9.17, 15) is 4.21 Å². The quantitative estimate of drug-likeness (QED) is 0.923. The van der Waals surface area contributed by atoms with Crippen molar-refractivity contribution in [3.05, 3.63) is 59.7 Å². The van der Waals surface area contributed by atoms with Crippen LogP contribution in [0.15, 0.2) is 53.4 Å². The highest BCUT2D eigenvalue weighted by atomic mass is 32.2. The van der Waals surface area contributed by atoms with Gasteiger partial charge in [0.25, 0.3) is 0 Å². The number of methoxy groups -OCH3 is 1. The molecule has 3 unspecified atom stereocenters. The van der Waals surface area contributed by atoms with Gasteiger partial charge in [-0.15, -0.1) is 0 Å². The first-order valence-corrected chi connectivity index (χ1v) is 8.11. The lowest BCUT2D eigenvalue weighted by molar-refractivity contribution is 0.403. The van der Waals surface area contributed by atoms with Gasteiger partial charge in [-0.25, -0.2) is 0 Å². The van der Waals surface area contributed by atoms with E-state index in [0.29, 0.717) is 10.6 Å². The maximum atomic E-state index is 12.8. The maximum Gasteiger partial charge on any atom is 0.134 e. The third kappa shape index (κ3) is 3.52. The average Bonchev–Trinajstić information content (AvgIpc) is 2.53. The van der Waals surface area contributed by atoms with E-state index < -0.39 is 10.8 Å². The summed E-state index contributed by atoms with van der Waals surface area (Å²) in [5.41, 5.74) is 8.47. The monoisotopic (exact) mass is 303 g/mol. The first kappa shape index (κ1) is 15.7. The van der Waals surface area contributed by atoms with Crippen LogP contribution >= 0.6 is 0 Å². The van der Waals surface area contributed by atoms with Gasteiger partial charge < -0.3 is 10.5 Å². The number of nitrogens with two attached hydrogens (primary N) is 1. The summed E-state index contributed by atoms with van der Waals surface area (Å²) < 4.78 is 18.0. The highest BCUT2D eigenvalue weighted by Gasteiger charge is 2.24. The SMILES string of the molecule is COc1ccccc1S(=O)C(C)C(N)c1ccc(C)cc1. The molecule has 0 aliphatic heterocycles. The van der Waals surface area contributed by atoms with Crippen LogP contribution in [0.2, 0.25) is 0 Å². The molecule has 4 heteroatoms. The summed E-state index contributed by atoms with van der Waals surface area (Å²) in [6, 6.07) is 15.1. The Morgan fingerprint density at radius 2 is 1.71 bits per heavy atom. The fourth-order valence-corrected chi connectivity index (χ4v) is 3.56. The van der Waals surface area contributed by atoms with E-state index in [0.717, 1.165) is 5.56 Å². The Hall–Kier alpha value is -1.65.